The molecule has 0 radical (unpaired) electrons. The van der Waals surface area contributed by atoms with Crippen LogP contribution in [0.5, 0.6) is 0 Å². The lowest BCUT2D eigenvalue weighted by atomic mass is 10.2. The van der Waals surface area contributed by atoms with Gasteiger partial charge in [-0.1, -0.05) is 30.1 Å². The molecule has 1 rings (SSSR count). The summed E-state index contributed by atoms with van der Waals surface area (Å²) >= 11 is 12.1. The predicted octanol–water partition coefficient (Wildman–Crippen LogP) is 2.63. The van der Waals surface area contributed by atoms with E-state index in [-0.39, 0.29) is 22.5 Å². The van der Waals surface area contributed by atoms with E-state index < -0.39 is 10.0 Å². The van der Waals surface area contributed by atoms with E-state index in [9.17, 15) is 8.42 Å². The predicted molar refractivity (Wildman–Crippen MR) is 79.4 cm³/mol. The third-order valence-corrected chi connectivity index (χ3v) is 5.64. The first kappa shape index (κ1) is 16.7. The summed E-state index contributed by atoms with van der Waals surface area (Å²) in [5.41, 5.74) is 6.58. The highest BCUT2D eigenvalue weighted by molar-refractivity contribution is 7.89. The number of aryl methyl sites for hydroxylation is 1. The zero-order chi connectivity index (χ0) is 14.8. The maximum absolute atomic E-state index is 12.4. The van der Waals surface area contributed by atoms with E-state index in [4.69, 9.17) is 28.9 Å². The summed E-state index contributed by atoms with van der Waals surface area (Å²) in [6.45, 7) is 5.43. The molecule has 0 aliphatic heterocycles. The third kappa shape index (κ3) is 3.61. The minimum absolute atomic E-state index is 0.0334. The Balaban J connectivity index is 3.37. The number of rotatable bonds is 5. The molecular weight excluding hydrogens is 307 g/mol. The molecule has 0 aliphatic carbocycles. The van der Waals surface area contributed by atoms with Gasteiger partial charge in [-0.15, -0.1) is 0 Å². The van der Waals surface area contributed by atoms with Gasteiger partial charge < -0.3 is 5.73 Å². The van der Waals surface area contributed by atoms with Crippen molar-refractivity contribution in [2.75, 3.05) is 6.54 Å². The Kier molecular flexibility index (Phi) is 5.65. The van der Waals surface area contributed by atoms with Crippen molar-refractivity contribution < 1.29 is 8.42 Å². The van der Waals surface area contributed by atoms with Crippen molar-refractivity contribution in [2.45, 2.75) is 38.1 Å². The molecule has 0 aliphatic rings. The molecule has 19 heavy (non-hydrogen) atoms. The van der Waals surface area contributed by atoms with Gasteiger partial charge in [0.1, 0.15) is 4.90 Å². The zero-order valence-corrected chi connectivity index (χ0v) is 13.5. The smallest absolute Gasteiger partial charge is 0.242 e. The Labute approximate surface area is 124 Å². The van der Waals surface area contributed by atoms with Crippen molar-refractivity contribution in [2.24, 2.45) is 5.73 Å². The van der Waals surface area contributed by atoms with Gasteiger partial charge in [0.2, 0.25) is 10.0 Å². The van der Waals surface area contributed by atoms with Crippen LogP contribution in [0.4, 0.5) is 0 Å². The molecule has 1 aromatic rings. The molecule has 1 aromatic carbocycles. The molecule has 0 bridgehead atoms. The second kappa shape index (κ2) is 6.41. The van der Waals surface area contributed by atoms with E-state index in [2.05, 4.69) is 4.72 Å². The first-order valence-electron chi connectivity index (χ1n) is 5.92. The van der Waals surface area contributed by atoms with Gasteiger partial charge >= 0.3 is 0 Å². The molecule has 7 heteroatoms. The van der Waals surface area contributed by atoms with Crippen LogP contribution in [0.1, 0.15) is 24.5 Å². The van der Waals surface area contributed by atoms with Crippen molar-refractivity contribution in [3.8, 4) is 0 Å². The van der Waals surface area contributed by atoms with Crippen LogP contribution < -0.4 is 10.5 Å². The van der Waals surface area contributed by atoms with Gasteiger partial charge in [-0.2, -0.15) is 0 Å². The van der Waals surface area contributed by atoms with E-state index >= 15 is 0 Å². The molecular formula is C12H18Cl2N2O2S. The fraction of sp³-hybridized carbons (Fsp3) is 0.500. The number of hydrogen-bond donors (Lipinski definition) is 2. The molecule has 1 atom stereocenters. The minimum Gasteiger partial charge on any atom is -0.329 e. The van der Waals surface area contributed by atoms with Gasteiger partial charge in [0, 0.05) is 17.6 Å². The summed E-state index contributed by atoms with van der Waals surface area (Å²) in [6.07, 6.45) is 0.603. The third-order valence-electron chi connectivity index (χ3n) is 2.96. The lowest BCUT2D eigenvalue weighted by Gasteiger charge is -2.18. The number of hydrogen-bond acceptors (Lipinski definition) is 3. The molecule has 0 saturated carbocycles. The topological polar surface area (TPSA) is 72.2 Å². The molecule has 4 nitrogen and oxygen atoms in total. The molecule has 0 heterocycles. The van der Waals surface area contributed by atoms with Crippen molar-refractivity contribution in [3.63, 3.8) is 0 Å². The summed E-state index contributed by atoms with van der Waals surface area (Å²) in [7, 11) is -3.74. The Bertz CT molecular complexity index is 543. The Morgan fingerprint density at radius 1 is 1.37 bits per heavy atom. The van der Waals surface area contributed by atoms with Crippen LogP contribution >= 0.6 is 23.2 Å². The number of nitrogens with two attached hydrogens (primary N) is 1. The number of sulfonamides is 1. The molecule has 1 unspecified atom stereocenters. The Hall–Kier alpha value is -0.330. The van der Waals surface area contributed by atoms with Gasteiger partial charge in [-0.25, -0.2) is 13.1 Å². The normalized spacial score (nSPS) is 13.6. The van der Waals surface area contributed by atoms with Crippen LogP contribution in [-0.4, -0.2) is 21.0 Å². The highest BCUT2D eigenvalue weighted by Crippen LogP contribution is 2.33. The highest BCUT2D eigenvalue weighted by Gasteiger charge is 2.25. The maximum atomic E-state index is 12.4. The van der Waals surface area contributed by atoms with Crippen LogP contribution in [0.3, 0.4) is 0 Å². The standard InChI is InChI=1S/C12H18Cl2N2O2S/c1-4-9(6-15)16-19(17,18)12-8(3)10(13)5-7(2)11(12)14/h5,9,16H,4,6,15H2,1-3H3. The van der Waals surface area contributed by atoms with E-state index in [1.807, 2.05) is 6.92 Å². The second-order valence-electron chi connectivity index (χ2n) is 4.41. The van der Waals surface area contributed by atoms with Gasteiger partial charge in [0.15, 0.2) is 0 Å². The van der Waals surface area contributed by atoms with E-state index in [0.717, 1.165) is 0 Å². The quantitative estimate of drug-likeness (QED) is 0.874. The van der Waals surface area contributed by atoms with Crippen LogP contribution in [0, 0.1) is 13.8 Å². The van der Waals surface area contributed by atoms with Crippen LogP contribution in [0.25, 0.3) is 0 Å². The fourth-order valence-electron chi connectivity index (χ4n) is 1.71. The Morgan fingerprint density at radius 3 is 2.42 bits per heavy atom. The summed E-state index contributed by atoms with van der Waals surface area (Å²) in [6, 6.07) is 1.33. The summed E-state index contributed by atoms with van der Waals surface area (Å²) in [5.74, 6) is 0. The first-order valence-corrected chi connectivity index (χ1v) is 8.16. The van der Waals surface area contributed by atoms with Gasteiger partial charge in [-0.3, -0.25) is 0 Å². The average Bonchev–Trinajstić information content (AvgIpc) is 2.33. The van der Waals surface area contributed by atoms with Gasteiger partial charge in [-0.05, 0) is 37.5 Å². The second-order valence-corrected chi connectivity index (χ2v) is 6.84. The lowest BCUT2D eigenvalue weighted by molar-refractivity contribution is 0.542. The number of halogens is 2. The molecule has 0 saturated heterocycles. The van der Waals surface area contributed by atoms with Gasteiger partial charge in [0.05, 0.1) is 5.02 Å². The Morgan fingerprint density at radius 2 is 1.95 bits per heavy atom. The molecule has 0 fully saturated rings. The van der Waals surface area contributed by atoms with Gasteiger partial charge in [0.25, 0.3) is 0 Å². The summed E-state index contributed by atoms with van der Waals surface area (Å²) in [4.78, 5) is 0.0334. The zero-order valence-electron chi connectivity index (χ0n) is 11.1. The first-order chi connectivity index (χ1) is 8.74. The van der Waals surface area contributed by atoms with E-state index in [1.165, 1.54) is 0 Å². The van der Waals surface area contributed by atoms with Crippen LogP contribution in [0.2, 0.25) is 10.0 Å². The fourth-order valence-corrected chi connectivity index (χ4v) is 4.25. The summed E-state index contributed by atoms with van der Waals surface area (Å²) in [5, 5.41) is 0.573. The molecule has 0 spiro atoms. The minimum atomic E-state index is -3.74. The average molecular weight is 325 g/mol. The molecule has 108 valence electrons. The molecule has 3 N–H and O–H groups in total. The van der Waals surface area contributed by atoms with Crippen molar-refractivity contribution in [1.82, 2.24) is 4.72 Å². The number of benzene rings is 1. The van der Waals surface area contributed by atoms with Crippen molar-refractivity contribution in [1.29, 1.82) is 0 Å². The van der Waals surface area contributed by atoms with E-state index in [1.54, 1.807) is 19.9 Å². The SMILES string of the molecule is CCC(CN)NS(=O)(=O)c1c(C)c(Cl)cc(C)c1Cl. The van der Waals surface area contributed by atoms with Crippen molar-refractivity contribution >= 4 is 33.2 Å². The molecule has 0 amide bonds. The van der Waals surface area contributed by atoms with Crippen LogP contribution in [-0.2, 0) is 10.0 Å². The maximum Gasteiger partial charge on any atom is 0.242 e. The monoisotopic (exact) mass is 324 g/mol. The number of nitrogens with one attached hydrogen (secondary N) is 1. The van der Waals surface area contributed by atoms with Crippen LogP contribution in [0.15, 0.2) is 11.0 Å². The van der Waals surface area contributed by atoms with E-state index in [0.29, 0.717) is 22.6 Å². The van der Waals surface area contributed by atoms with Crippen molar-refractivity contribution in [3.05, 3.63) is 27.2 Å². The highest BCUT2D eigenvalue weighted by atomic mass is 35.5. The summed E-state index contributed by atoms with van der Waals surface area (Å²) < 4.78 is 27.3. The molecule has 0 aromatic heterocycles. The lowest BCUT2D eigenvalue weighted by Crippen LogP contribution is -2.40. The largest absolute Gasteiger partial charge is 0.329 e.